The van der Waals surface area contributed by atoms with Gasteiger partial charge in [0.25, 0.3) is 0 Å². The average molecular weight is 1810 g/mol. The highest BCUT2D eigenvalue weighted by molar-refractivity contribution is 6.18. The number of phenols is 1. The fraction of sp³-hybridized carbons (Fsp3) is 0.190. The highest BCUT2D eigenvalue weighted by Gasteiger charge is 2.39. The van der Waals surface area contributed by atoms with Crippen LogP contribution in [0.2, 0.25) is 0 Å². The second-order valence-electron chi connectivity index (χ2n) is 32.2. The van der Waals surface area contributed by atoms with E-state index in [9.17, 15) is 69.9 Å². The van der Waals surface area contributed by atoms with Crippen molar-refractivity contribution in [3.8, 4) is 119 Å². The summed E-state index contributed by atoms with van der Waals surface area (Å²) in [6, 6.07) is 58.2. The summed E-state index contributed by atoms with van der Waals surface area (Å²) in [4.78, 5) is 62.4. The first-order valence-corrected chi connectivity index (χ1v) is 42.8. The van der Waals surface area contributed by atoms with Crippen LogP contribution in [0.15, 0.2) is 188 Å². The number of benzene rings is 15. The summed E-state index contributed by atoms with van der Waals surface area (Å²) >= 11 is 0. The number of esters is 5. The molecule has 0 radical (unpaired) electrons. The highest BCUT2D eigenvalue weighted by Crippen LogP contribution is 2.53. The number of cyclic esters (lactones) is 5. The van der Waals surface area contributed by atoms with Crippen LogP contribution < -0.4 is 47.4 Å². The molecule has 29 nitrogen and oxygen atoms in total. The van der Waals surface area contributed by atoms with Crippen molar-refractivity contribution in [2.45, 2.75) is 92.8 Å². The molecule has 9 N–H and O–H groups in total. The smallest absolute Gasteiger partial charge is 0.339 e. The molecule has 9 aliphatic heterocycles. The monoisotopic (exact) mass is 1810 g/mol. The van der Waals surface area contributed by atoms with E-state index in [0.29, 0.717) is 187 Å². The standard InChI is InChI=1S/C23H20O7.C22H18O7.C21H16O7.C21H16O6.C18H12O2/c1-2-27-22-16-6-14(9-25)13(8-24)5-15(16)20(21-17(22)10-28-23(21)26)12-3-4-18-19(7-12)30-11-29-18;1-26-21-15-5-13(8-24)12(7-23)4-14(15)19(20-16(21)9-27-22(20)25)11-2-3-17-18(6-11)29-10-28-17;22-6-11-3-13-14(4-12(11)7-23)20(24)15-8-26-21(25)19(15)18(13)10-1-2-16-17(5-10)28-9-27-16;22-7-13-3-12-4-15-9-25-21(24)20(15)19(16(12)5-14(13)8-23)11-1-2-17-18(6-11)27-10-26-17;19-18-17-14(11-20-18)10-13-8-4-5-9-15(13)16(17)12-6-2-1-3-7-12/h3-7,24-25H,2,8-11H2,1H3;2-6,23-24H,7-10H2,1H3;1-5,22-24H,6-9H2;1-6,22-23H,7-10H2;1-10H,11H2. The lowest BCUT2D eigenvalue weighted by molar-refractivity contribution is 0.0525. The minimum absolute atomic E-state index is 0.0241. The van der Waals surface area contributed by atoms with Crippen molar-refractivity contribution in [2.24, 2.45) is 0 Å². The zero-order valence-corrected chi connectivity index (χ0v) is 71.8. The van der Waals surface area contributed by atoms with Crippen molar-refractivity contribution in [2.75, 3.05) is 40.9 Å². The van der Waals surface area contributed by atoms with E-state index in [1.54, 1.807) is 48.5 Å². The van der Waals surface area contributed by atoms with Crippen LogP contribution in [0.3, 0.4) is 0 Å². The maximum absolute atomic E-state index is 12.7. The largest absolute Gasteiger partial charge is 0.507 e. The lowest BCUT2D eigenvalue weighted by Gasteiger charge is -2.19. The van der Waals surface area contributed by atoms with Gasteiger partial charge >= 0.3 is 29.8 Å². The number of ether oxygens (including phenoxy) is 15. The van der Waals surface area contributed by atoms with Crippen LogP contribution >= 0.6 is 0 Å². The van der Waals surface area contributed by atoms with Gasteiger partial charge < -0.3 is 117 Å². The molecule has 9 heterocycles. The molecular weight excluding hydrogens is 1730 g/mol. The van der Waals surface area contributed by atoms with Gasteiger partial charge in [-0.05, 0) is 226 Å². The quantitative estimate of drug-likeness (QED) is 0.0320. The summed E-state index contributed by atoms with van der Waals surface area (Å²) in [6.45, 7) is 1.83. The van der Waals surface area contributed by atoms with Gasteiger partial charge in [0, 0.05) is 71.8 Å². The van der Waals surface area contributed by atoms with E-state index < -0.39 is 17.9 Å². The van der Waals surface area contributed by atoms with Gasteiger partial charge in [0.15, 0.2) is 46.0 Å². The molecule has 15 aromatic carbocycles. The third-order valence-electron chi connectivity index (χ3n) is 25.1. The number of aliphatic hydroxyl groups is 8. The molecule has 0 aromatic heterocycles. The highest BCUT2D eigenvalue weighted by atomic mass is 16.7. The van der Waals surface area contributed by atoms with Gasteiger partial charge in [-0.3, -0.25) is 0 Å². The SMILES string of the molecule is CCOc1c2c(c(-c3ccc4c(c3)OCO4)c3cc(CO)c(CO)cc13)C(=O)OC2.COc1c2c(c(-c3ccc4c(c3)OCO4)c3cc(CO)c(CO)cc13)C(=O)OC2.O=C1OCc2c1c(-c1ccc3c(c1)OCO3)c1cc(CO)c(CO)cc1c2O.O=C1OCc2cc3cc(CO)c(CO)cc3c(-c3ccc4c(c3)OCO4)c21.O=C1OCc2cc3ccccc3c(-c3ccccc3)c21. The number of hydrogen-bond donors (Lipinski definition) is 9. The first kappa shape index (κ1) is 86.5. The van der Waals surface area contributed by atoms with Crippen LogP contribution in [-0.4, -0.2) is 117 Å². The number of rotatable bonds is 16. The summed E-state index contributed by atoms with van der Waals surface area (Å²) < 4.78 is 81.5. The third-order valence-corrected chi connectivity index (χ3v) is 25.1. The molecule has 0 unspecified atom stereocenters. The number of fused-ring (bicyclic) bond motifs is 14. The van der Waals surface area contributed by atoms with Gasteiger partial charge in [0.05, 0.1) is 94.4 Å². The van der Waals surface area contributed by atoms with Gasteiger partial charge in [-0.1, -0.05) is 78.9 Å². The second kappa shape index (κ2) is 35.9. The van der Waals surface area contributed by atoms with Crippen LogP contribution in [0.4, 0.5) is 0 Å². The second-order valence-corrected chi connectivity index (χ2v) is 32.2. The molecule has 676 valence electrons. The maximum Gasteiger partial charge on any atom is 0.339 e. The Morgan fingerprint density at radius 3 is 0.993 bits per heavy atom. The molecule has 15 aromatic rings. The van der Waals surface area contributed by atoms with Crippen molar-refractivity contribution in [3.05, 3.63) is 288 Å². The number of methoxy groups -OCH3 is 1. The Balaban J connectivity index is 0.000000105. The van der Waals surface area contributed by atoms with Gasteiger partial charge in [0.1, 0.15) is 50.3 Å². The fourth-order valence-corrected chi connectivity index (χ4v) is 18.8. The Hall–Kier alpha value is -15.6. The first-order chi connectivity index (χ1) is 65.5. The van der Waals surface area contributed by atoms with E-state index in [0.717, 1.165) is 93.2 Å². The first-order valence-electron chi connectivity index (χ1n) is 42.8. The molecular formula is C105H82O29. The van der Waals surface area contributed by atoms with Crippen LogP contribution in [0, 0.1) is 0 Å². The molecule has 0 bridgehead atoms. The predicted molar refractivity (Wildman–Crippen MR) is 484 cm³/mol. The zero-order chi connectivity index (χ0) is 92.4. The molecule has 29 heteroatoms. The Bertz CT molecular complexity index is 7440. The molecule has 9 aliphatic rings. The fourth-order valence-electron chi connectivity index (χ4n) is 18.8. The van der Waals surface area contributed by atoms with Gasteiger partial charge in [-0.15, -0.1) is 0 Å². The van der Waals surface area contributed by atoms with Crippen molar-refractivity contribution >= 4 is 83.7 Å². The number of carbonyl (C=O) groups excluding carboxylic acids is 5. The van der Waals surface area contributed by atoms with E-state index in [4.69, 9.17) is 71.1 Å². The number of aromatic hydroxyl groups is 1. The van der Waals surface area contributed by atoms with Crippen LogP contribution in [0.25, 0.3) is 109 Å². The van der Waals surface area contributed by atoms with Gasteiger partial charge in [0.2, 0.25) is 27.2 Å². The summed E-state index contributed by atoms with van der Waals surface area (Å²) in [5, 5.41) is 96.5. The molecule has 0 aliphatic carbocycles. The van der Waals surface area contributed by atoms with Crippen molar-refractivity contribution in [3.63, 3.8) is 0 Å². The maximum atomic E-state index is 12.7. The van der Waals surface area contributed by atoms with E-state index in [1.807, 2.05) is 128 Å². The Morgan fingerprint density at radius 1 is 0.261 bits per heavy atom. The lowest BCUT2D eigenvalue weighted by Crippen LogP contribution is -2.04. The molecule has 0 amide bonds. The topological polar surface area (TPSA) is 406 Å². The van der Waals surface area contributed by atoms with Crippen LogP contribution in [0.1, 0.15) is 131 Å². The molecule has 0 saturated heterocycles. The normalized spacial score (nSPS) is 14.2. The predicted octanol–water partition coefficient (Wildman–Crippen LogP) is 15.9. The minimum Gasteiger partial charge on any atom is -0.507 e. The van der Waals surface area contributed by atoms with E-state index in [2.05, 4.69) is 18.2 Å². The van der Waals surface area contributed by atoms with Crippen molar-refractivity contribution < 1.29 is 141 Å². The molecule has 0 atom stereocenters. The number of carbonyl (C=O) groups is 5. The van der Waals surface area contributed by atoms with Gasteiger partial charge in [-0.25, -0.2) is 24.0 Å². The molecule has 24 rings (SSSR count). The lowest BCUT2D eigenvalue weighted by atomic mass is 9.87. The van der Waals surface area contributed by atoms with Crippen molar-refractivity contribution in [1.82, 2.24) is 0 Å². The molecule has 0 saturated carbocycles. The Morgan fingerprint density at radius 2 is 0.575 bits per heavy atom. The number of hydrogen-bond acceptors (Lipinski definition) is 29. The van der Waals surface area contributed by atoms with Crippen LogP contribution in [0.5, 0.6) is 63.2 Å². The van der Waals surface area contributed by atoms with E-state index in [1.165, 1.54) is 7.11 Å². The van der Waals surface area contributed by atoms with Gasteiger partial charge in [-0.2, -0.15) is 0 Å². The minimum atomic E-state index is -0.517. The molecule has 0 spiro atoms. The third kappa shape index (κ3) is 15.0. The average Bonchev–Trinajstić information content (AvgIpc) is 1.25. The number of aliphatic hydroxyl groups excluding tert-OH is 8. The number of phenolic OH excluding ortho intramolecular Hbond substituents is 1. The van der Waals surface area contributed by atoms with Crippen LogP contribution in [-0.2, 0) is 110 Å². The molecule has 134 heavy (non-hydrogen) atoms. The summed E-state index contributed by atoms with van der Waals surface area (Å²) in [5.41, 5.74) is 18.4. The van der Waals surface area contributed by atoms with E-state index in [-0.39, 0.29) is 124 Å². The summed E-state index contributed by atoms with van der Waals surface area (Å²) in [7, 11) is 1.54. The molecule has 0 fully saturated rings. The Labute approximate surface area is 761 Å². The summed E-state index contributed by atoms with van der Waals surface area (Å²) in [6.07, 6.45) is 0. The van der Waals surface area contributed by atoms with E-state index >= 15 is 0 Å². The summed E-state index contributed by atoms with van der Waals surface area (Å²) in [5.74, 6) is 4.05. The zero-order valence-electron chi connectivity index (χ0n) is 71.8. The van der Waals surface area contributed by atoms with Crippen molar-refractivity contribution in [1.29, 1.82) is 0 Å². The Kier molecular flexibility index (Phi) is 23.2.